The van der Waals surface area contributed by atoms with E-state index < -0.39 is 0 Å². The van der Waals surface area contributed by atoms with Crippen LogP contribution in [0.3, 0.4) is 0 Å². The molecule has 1 aliphatic rings. The Balaban J connectivity index is 2.54. The van der Waals surface area contributed by atoms with Gasteiger partial charge in [0.1, 0.15) is 5.82 Å². The van der Waals surface area contributed by atoms with Gasteiger partial charge in [0, 0.05) is 0 Å². The van der Waals surface area contributed by atoms with Gasteiger partial charge in [-0.25, -0.2) is 0 Å². The minimum absolute atomic E-state index is 0.0318. The first-order chi connectivity index (χ1) is 5.31. The Labute approximate surface area is 62.6 Å². The van der Waals surface area contributed by atoms with Crippen molar-refractivity contribution < 1.29 is 9.59 Å². The number of anilines is 1. The lowest BCUT2D eigenvalue weighted by atomic mass is 10.2. The molecule has 1 aromatic rings. The van der Waals surface area contributed by atoms with Crippen molar-refractivity contribution in [2.24, 2.45) is 0 Å². The molecule has 0 fully saturated rings. The van der Waals surface area contributed by atoms with E-state index in [4.69, 9.17) is 0 Å². The van der Waals surface area contributed by atoms with Crippen LogP contribution >= 0.6 is 0 Å². The molecule has 56 valence electrons. The molecule has 0 saturated carbocycles. The number of aldehydes is 1. The van der Waals surface area contributed by atoms with E-state index in [2.05, 4.69) is 10.3 Å². The number of ketones is 1. The van der Waals surface area contributed by atoms with Crippen LogP contribution in [0.5, 0.6) is 0 Å². The van der Waals surface area contributed by atoms with Crippen molar-refractivity contribution in [3.8, 4) is 0 Å². The fourth-order valence-corrected chi connectivity index (χ4v) is 1.16. The Morgan fingerprint density at radius 2 is 2.36 bits per heavy atom. The van der Waals surface area contributed by atoms with Crippen molar-refractivity contribution in [3.05, 3.63) is 17.3 Å². The lowest BCUT2D eigenvalue weighted by molar-refractivity contribution is 0.101. The van der Waals surface area contributed by atoms with Crippen LogP contribution < -0.4 is 5.32 Å². The molecule has 0 unspecified atom stereocenters. The van der Waals surface area contributed by atoms with Crippen LogP contribution in [0.4, 0.5) is 5.82 Å². The highest BCUT2D eigenvalue weighted by Gasteiger charge is 2.21. The van der Waals surface area contributed by atoms with Crippen LogP contribution in [0.2, 0.25) is 0 Å². The molecular weight excluding hydrogens is 144 g/mol. The van der Waals surface area contributed by atoms with Crippen molar-refractivity contribution in [1.29, 1.82) is 0 Å². The second kappa shape index (κ2) is 1.95. The molecule has 0 bridgehead atoms. The standard InChI is InChI=1S/C7H6N2O2/c10-3-4-1-5-6(11)2-8-7(5)9-4/h1,3,8-9H,2H2. The third-order valence-electron chi connectivity index (χ3n) is 1.69. The first-order valence-electron chi connectivity index (χ1n) is 3.26. The monoisotopic (exact) mass is 150 g/mol. The lowest BCUT2D eigenvalue weighted by Crippen LogP contribution is -2.02. The molecule has 0 spiro atoms. The summed E-state index contributed by atoms with van der Waals surface area (Å²) < 4.78 is 0. The van der Waals surface area contributed by atoms with Crippen LogP contribution in [-0.4, -0.2) is 23.6 Å². The van der Waals surface area contributed by atoms with Crippen molar-refractivity contribution >= 4 is 17.9 Å². The van der Waals surface area contributed by atoms with E-state index >= 15 is 0 Å². The van der Waals surface area contributed by atoms with Gasteiger partial charge in [-0.15, -0.1) is 0 Å². The second-order valence-corrected chi connectivity index (χ2v) is 2.41. The zero-order chi connectivity index (χ0) is 7.84. The quantitative estimate of drug-likeness (QED) is 0.571. The average molecular weight is 150 g/mol. The van der Waals surface area contributed by atoms with Crippen molar-refractivity contribution in [1.82, 2.24) is 4.98 Å². The molecule has 0 aliphatic carbocycles. The number of H-pyrrole nitrogens is 1. The molecule has 0 radical (unpaired) electrons. The van der Waals surface area contributed by atoms with E-state index in [9.17, 15) is 9.59 Å². The highest BCUT2D eigenvalue weighted by Crippen LogP contribution is 2.20. The summed E-state index contributed by atoms with van der Waals surface area (Å²) in [4.78, 5) is 24.0. The lowest BCUT2D eigenvalue weighted by Gasteiger charge is -1.88. The summed E-state index contributed by atoms with van der Waals surface area (Å²) in [5.41, 5.74) is 1.03. The van der Waals surface area contributed by atoms with Gasteiger partial charge in [0.15, 0.2) is 12.1 Å². The smallest absolute Gasteiger partial charge is 0.185 e. The molecule has 4 heteroatoms. The number of hydrogen-bond acceptors (Lipinski definition) is 3. The highest BCUT2D eigenvalue weighted by molar-refractivity contribution is 6.08. The Morgan fingerprint density at radius 1 is 1.55 bits per heavy atom. The molecule has 1 aromatic heterocycles. The molecule has 2 heterocycles. The van der Waals surface area contributed by atoms with Gasteiger partial charge in [-0.2, -0.15) is 0 Å². The molecular formula is C7H6N2O2. The van der Waals surface area contributed by atoms with Crippen LogP contribution in [-0.2, 0) is 0 Å². The average Bonchev–Trinajstić information content (AvgIpc) is 2.53. The summed E-state index contributed by atoms with van der Waals surface area (Å²) >= 11 is 0. The van der Waals surface area contributed by atoms with Gasteiger partial charge >= 0.3 is 0 Å². The Bertz CT molecular complexity index is 327. The molecule has 0 aromatic carbocycles. The van der Waals surface area contributed by atoms with Gasteiger partial charge in [-0.3, -0.25) is 9.59 Å². The molecule has 0 saturated heterocycles. The minimum Gasteiger partial charge on any atom is -0.364 e. The van der Waals surface area contributed by atoms with Crippen LogP contribution in [0, 0.1) is 0 Å². The summed E-state index contributed by atoms with van der Waals surface area (Å²) in [6.45, 7) is 0.334. The molecule has 0 atom stereocenters. The largest absolute Gasteiger partial charge is 0.364 e. The van der Waals surface area contributed by atoms with Crippen molar-refractivity contribution in [3.63, 3.8) is 0 Å². The summed E-state index contributed by atoms with van der Waals surface area (Å²) in [5, 5.41) is 2.84. The Morgan fingerprint density at radius 3 is 3.00 bits per heavy atom. The molecule has 4 nitrogen and oxygen atoms in total. The molecule has 0 amide bonds. The zero-order valence-electron chi connectivity index (χ0n) is 5.68. The third-order valence-corrected chi connectivity index (χ3v) is 1.69. The maximum absolute atomic E-state index is 11.0. The van der Waals surface area contributed by atoms with Gasteiger partial charge in [-0.05, 0) is 6.07 Å². The first kappa shape index (κ1) is 6.15. The first-order valence-corrected chi connectivity index (χ1v) is 3.26. The van der Waals surface area contributed by atoms with Crippen molar-refractivity contribution in [2.45, 2.75) is 0 Å². The van der Waals surface area contributed by atoms with Gasteiger partial charge < -0.3 is 10.3 Å². The van der Waals surface area contributed by atoms with Gasteiger partial charge in [0.25, 0.3) is 0 Å². The topological polar surface area (TPSA) is 62.0 Å². The van der Waals surface area contributed by atoms with E-state index in [1.165, 1.54) is 0 Å². The summed E-state index contributed by atoms with van der Waals surface area (Å²) in [5.74, 6) is 0.696. The van der Waals surface area contributed by atoms with E-state index in [1.54, 1.807) is 6.07 Å². The molecule has 1 aliphatic heterocycles. The summed E-state index contributed by atoms with van der Waals surface area (Å²) in [7, 11) is 0. The summed E-state index contributed by atoms with van der Waals surface area (Å²) in [6, 6.07) is 1.56. The van der Waals surface area contributed by atoms with E-state index in [-0.39, 0.29) is 5.78 Å². The third kappa shape index (κ3) is 0.756. The zero-order valence-corrected chi connectivity index (χ0v) is 5.68. The number of fused-ring (bicyclic) bond motifs is 1. The number of hydrogen-bond donors (Lipinski definition) is 2. The minimum atomic E-state index is 0.0318. The predicted molar refractivity (Wildman–Crippen MR) is 39.0 cm³/mol. The molecule has 11 heavy (non-hydrogen) atoms. The summed E-state index contributed by atoms with van der Waals surface area (Å²) in [6.07, 6.45) is 0.688. The van der Waals surface area contributed by atoms with Crippen LogP contribution in [0.25, 0.3) is 0 Å². The van der Waals surface area contributed by atoms with E-state index in [1.807, 2.05) is 0 Å². The second-order valence-electron chi connectivity index (χ2n) is 2.41. The van der Waals surface area contributed by atoms with Crippen LogP contribution in [0.15, 0.2) is 6.07 Å². The van der Waals surface area contributed by atoms with E-state index in [0.717, 1.165) is 0 Å². The fraction of sp³-hybridized carbons (Fsp3) is 0.143. The molecule has 2 rings (SSSR count). The van der Waals surface area contributed by atoms with Crippen LogP contribution in [0.1, 0.15) is 20.8 Å². The Kier molecular flexibility index (Phi) is 1.09. The van der Waals surface area contributed by atoms with E-state index in [0.29, 0.717) is 29.9 Å². The number of nitrogens with one attached hydrogen (secondary N) is 2. The number of aromatic nitrogens is 1. The molecule has 2 N–H and O–H groups in total. The SMILES string of the molecule is O=Cc1cc2c([nH]1)NCC2=O. The van der Waals surface area contributed by atoms with Gasteiger partial charge in [0.05, 0.1) is 17.8 Å². The fourth-order valence-electron chi connectivity index (χ4n) is 1.16. The van der Waals surface area contributed by atoms with Gasteiger partial charge in [0.2, 0.25) is 0 Å². The number of Topliss-reactive ketones (excluding diaryl/α,β-unsaturated/α-hetero) is 1. The number of carbonyl (C=O) groups excluding carboxylic acids is 2. The maximum Gasteiger partial charge on any atom is 0.185 e. The number of aromatic amines is 1. The highest BCUT2D eigenvalue weighted by atomic mass is 16.1. The maximum atomic E-state index is 11.0. The number of rotatable bonds is 1. The van der Waals surface area contributed by atoms with Crippen molar-refractivity contribution in [2.75, 3.05) is 11.9 Å². The number of carbonyl (C=O) groups is 2. The normalized spacial score (nSPS) is 14.4. The van der Waals surface area contributed by atoms with Gasteiger partial charge in [-0.1, -0.05) is 0 Å². The Hall–Kier alpha value is -1.58. The predicted octanol–water partition coefficient (Wildman–Crippen LogP) is 0.435.